The summed E-state index contributed by atoms with van der Waals surface area (Å²) in [5.41, 5.74) is 0.539. The zero-order valence-electron chi connectivity index (χ0n) is 11.3. The molecular formula is C14H8O7S2-2. The first-order valence-electron chi connectivity index (χ1n) is 6.20. The maximum atomic E-state index is 11.4. The van der Waals surface area contributed by atoms with Gasteiger partial charge in [-0.3, -0.25) is 0 Å². The highest BCUT2D eigenvalue weighted by molar-refractivity contribution is 7.86. The summed E-state index contributed by atoms with van der Waals surface area (Å²) in [7, 11) is -9.88. The third-order valence-corrected chi connectivity index (χ3v) is 4.94. The molecule has 0 fully saturated rings. The van der Waals surface area contributed by atoms with E-state index in [-0.39, 0.29) is 10.8 Å². The third-order valence-electron chi connectivity index (χ3n) is 3.25. The van der Waals surface area contributed by atoms with Crippen LogP contribution in [0, 0.1) is 0 Å². The van der Waals surface area contributed by atoms with E-state index in [4.69, 9.17) is 4.42 Å². The average Bonchev–Trinajstić information content (AvgIpc) is 2.97. The standard InChI is InChI=1S/C14H10O7S2/c15-22(16,17)11-7-10-6-9(13-2-1-5-21-13)3-4-12(10)14(8-11)23(18,19)20/h1-8H,(H,15,16,17)(H,18,19,20)/p-2. The van der Waals surface area contributed by atoms with Crippen LogP contribution in [0.1, 0.15) is 0 Å². The van der Waals surface area contributed by atoms with Crippen molar-refractivity contribution < 1.29 is 30.4 Å². The number of hydrogen-bond donors (Lipinski definition) is 0. The summed E-state index contributed by atoms with van der Waals surface area (Å²) in [6.45, 7) is 0. The molecule has 1 aromatic heterocycles. The molecule has 120 valence electrons. The Hall–Kier alpha value is -2.20. The maximum Gasteiger partial charge on any atom is 0.133 e. The highest BCUT2D eigenvalue weighted by Crippen LogP contribution is 2.31. The van der Waals surface area contributed by atoms with E-state index in [0.29, 0.717) is 17.4 Å². The summed E-state index contributed by atoms with van der Waals surface area (Å²) in [6.07, 6.45) is 1.44. The van der Waals surface area contributed by atoms with Gasteiger partial charge in [0.2, 0.25) is 0 Å². The van der Waals surface area contributed by atoms with Gasteiger partial charge in [-0.25, -0.2) is 16.8 Å². The molecule has 0 aliphatic heterocycles. The smallest absolute Gasteiger partial charge is 0.133 e. The molecule has 7 nitrogen and oxygen atoms in total. The molecule has 0 N–H and O–H groups in total. The number of hydrogen-bond acceptors (Lipinski definition) is 7. The molecule has 0 saturated carbocycles. The molecule has 3 rings (SSSR count). The zero-order valence-corrected chi connectivity index (χ0v) is 12.9. The number of benzene rings is 2. The first-order valence-corrected chi connectivity index (χ1v) is 9.01. The lowest BCUT2D eigenvalue weighted by Crippen LogP contribution is -2.04. The predicted molar refractivity (Wildman–Crippen MR) is 77.6 cm³/mol. The fraction of sp³-hybridized carbons (Fsp3) is 0. The number of furan rings is 1. The normalized spacial score (nSPS) is 12.6. The molecule has 0 aliphatic carbocycles. The summed E-state index contributed by atoms with van der Waals surface area (Å²) >= 11 is 0. The molecule has 0 amide bonds. The van der Waals surface area contributed by atoms with Crippen molar-refractivity contribution in [2.75, 3.05) is 0 Å². The first-order chi connectivity index (χ1) is 10.7. The summed E-state index contributed by atoms with van der Waals surface area (Å²) in [5, 5.41) is 0.160. The Bertz CT molecular complexity index is 1100. The monoisotopic (exact) mass is 352 g/mol. The first kappa shape index (κ1) is 15.7. The lowest BCUT2D eigenvalue weighted by Gasteiger charge is -2.15. The third kappa shape index (κ3) is 2.99. The Morgan fingerprint density at radius 2 is 1.61 bits per heavy atom. The topological polar surface area (TPSA) is 128 Å². The van der Waals surface area contributed by atoms with Crippen molar-refractivity contribution in [2.45, 2.75) is 9.79 Å². The van der Waals surface area contributed by atoms with Crippen molar-refractivity contribution in [3.05, 3.63) is 48.7 Å². The van der Waals surface area contributed by atoms with E-state index >= 15 is 0 Å². The quantitative estimate of drug-likeness (QED) is 0.658. The van der Waals surface area contributed by atoms with Crippen LogP contribution in [0.3, 0.4) is 0 Å². The molecular weight excluding hydrogens is 344 g/mol. The minimum absolute atomic E-state index is 0.0303. The molecule has 0 unspecified atom stereocenters. The predicted octanol–water partition coefficient (Wildman–Crippen LogP) is 1.91. The van der Waals surface area contributed by atoms with E-state index in [2.05, 4.69) is 0 Å². The summed E-state index contributed by atoms with van der Waals surface area (Å²) in [4.78, 5) is -1.54. The molecule has 1 heterocycles. The molecule has 23 heavy (non-hydrogen) atoms. The van der Waals surface area contributed by atoms with Crippen molar-refractivity contribution in [1.29, 1.82) is 0 Å². The van der Waals surface area contributed by atoms with E-state index in [9.17, 15) is 25.9 Å². The highest BCUT2D eigenvalue weighted by Gasteiger charge is 2.14. The van der Waals surface area contributed by atoms with Gasteiger partial charge >= 0.3 is 0 Å². The molecule has 0 spiro atoms. The van der Waals surface area contributed by atoms with Gasteiger partial charge in [-0.15, -0.1) is 0 Å². The second-order valence-corrected chi connectivity index (χ2v) is 7.47. The summed E-state index contributed by atoms with van der Waals surface area (Å²) < 4.78 is 72.9. The van der Waals surface area contributed by atoms with Gasteiger partial charge < -0.3 is 13.5 Å². The van der Waals surface area contributed by atoms with Crippen LogP contribution >= 0.6 is 0 Å². The Kier molecular flexibility index (Phi) is 3.52. The lowest BCUT2D eigenvalue weighted by atomic mass is 10.1. The Morgan fingerprint density at radius 1 is 0.870 bits per heavy atom. The van der Waals surface area contributed by atoms with Gasteiger partial charge in [-0.2, -0.15) is 0 Å². The highest BCUT2D eigenvalue weighted by atomic mass is 32.2. The van der Waals surface area contributed by atoms with E-state index in [1.165, 1.54) is 24.5 Å². The minimum Gasteiger partial charge on any atom is -0.744 e. The van der Waals surface area contributed by atoms with Crippen LogP contribution in [0.4, 0.5) is 0 Å². The second kappa shape index (κ2) is 5.17. The Labute approximate surface area is 131 Å². The fourth-order valence-electron chi connectivity index (χ4n) is 2.26. The van der Waals surface area contributed by atoms with Crippen LogP contribution in [-0.4, -0.2) is 25.9 Å². The number of rotatable bonds is 3. The SMILES string of the molecule is O=S(=O)([O-])c1cc(S(=O)(=O)[O-])c2ccc(-c3ccco3)cc2c1. The van der Waals surface area contributed by atoms with Gasteiger partial charge in [0.1, 0.15) is 26.0 Å². The fourth-order valence-corrected chi connectivity index (χ4v) is 3.59. The van der Waals surface area contributed by atoms with E-state index in [1.807, 2.05) is 0 Å². The molecule has 0 bridgehead atoms. The van der Waals surface area contributed by atoms with Gasteiger partial charge in [0.15, 0.2) is 0 Å². The van der Waals surface area contributed by atoms with Crippen LogP contribution in [0.15, 0.2) is 62.9 Å². The number of fused-ring (bicyclic) bond motifs is 1. The molecule has 9 heteroatoms. The largest absolute Gasteiger partial charge is 0.744 e. The van der Waals surface area contributed by atoms with Crippen molar-refractivity contribution in [3.8, 4) is 11.3 Å². The van der Waals surface area contributed by atoms with Crippen LogP contribution in [0.25, 0.3) is 22.1 Å². The minimum atomic E-state index is -4.96. The molecule has 3 aromatic rings. The van der Waals surface area contributed by atoms with Crippen LogP contribution in [0.5, 0.6) is 0 Å². The van der Waals surface area contributed by atoms with Crippen molar-refractivity contribution in [1.82, 2.24) is 0 Å². The van der Waals surface area contributed by atoms with Crippen LogP contribution in [-0.2, 0) is 20.2 Å². The Balaban J connectivity index is 2.39. The van der Waals surface area contributed by atoms with Gasteiger partial charge in [0.05, 0.1) is 16.1 Å². The van der Waals surface area contributed by atoms with Gasteiger partial charge in [0.25, 0.3) is 0 Å². The summed E-state index contributed by atoms with van der Waals surface area (Å²) in [5.74, 6) is 0.466. The zero-order chi connectivity index (χ0) is 16.8. The second-order valence-electron chi connectivity index (χ2n) is 4.74. The van der Waals surface area contributed by atoms with Gasteiger partial charge in [-0.05, 0) is 41.1 Å². The van der Waals surface area contributed by atoms with E-state index in [0.717, 1.165) is 6.07 Å². The van der Waals surface area contributed by atoms with Crippen LogP contribution in [0.2, 0.25) is 0 Å². The van der Waals surface area contributed by atoms with Gasteiger partial charge in [0, 0.05) is 5.56 Å². The van der Waals surface area contributed by atoms with Gasteiger partial charge in [-0.1, -0.05) is 12.1 Å². The maximum absolute atomic E-state index is 11.4. The van der Waals surface area contributed by atoms with Crippen LogP contribution < -0.4 is 0 Å². The lowest BCUT2D eigenvalue weighted by molar-refractivity contribution is 0.462. The van der Waals surface area contributed by atoms with Crippen molar-refractivity contribution >= 4 is 31.0 Å². The summed E-state index contributed by atoms with van der Waals surface area (Å²) in [6, 6.07) is 9.24. The van der Waals surface area contributed by atoms with E-state index < -0.39 is 30.0 Å². The van der Waals surface area contributed by atoms with E-state index in [1.54, 1.807) is 12.1 Å². The molecule has 0 radical (unpaired) electrons. The molecule has 0 saturated heterocycles. The molecule has 0 aliphatic rings. The Morgan fingerprint density at radius 3 is 2.17 bits per heavy atom. The van der Waals surface area contributed by atoms with Crippen molar-refractivity contribution in [2.24, 2.45) is 0 Å². The molecule has 0 atom stereocenters. The van der Waals surface area contributed by atoms with Crippen molar-refractivity contribution in [3.63, 3.8) is 0 Å². The molecule has 2 aromatic carbocycles. The average molecular weight is 352 g/mol.